The highest BCUT2D eigenvalue weighted by Gasteiger charge is 2.39. The van der Waals surface area contributed by atoms with Gasteiger partial charge in [-0.25, -0.2) is 22.0 Å². The molecule has 0 radical (unpaired) electrons. The van der Waals surface area contributed by atoms with E-state index in [1.165, 1.54) is 78.9 Å². The van der Waals surface area contributed by atoms with Gasteiger partial charge in [0.2, 0.25) is 0 Å². The summed E-state index contributed by atoms with van der Waals surface area (Å²) in [5.74, 6) is 0.915. The zero-order valence-corrected chi connectivity index (χ0v) is 64.6. The van der Waals surface area contributed by atoms with E-state index >= 15 is 0 Å². The molecule has 12 aromatic rings. The van der Waals surface area contributed by atoms with Crippen LogP contribution in [0, 0.1) is 63.1 Å². The minimum atomic E-state index is -1.80. The monoisotopic (exact) mass is 1680 g/mol. The predicted molar refractivity (Wildman–Crippen MR) is 445 cm³/mol. The number of fused-ring (bicyclic) bond motifs is 2. The number of rotatable bonds is 28. The number of ether oxygens (including phenoxy) is 4. The van der Waals surface area contributed by atoms with Crippen LogP contribution in [0.15, 0.2) is 243 Å². The maximum atomic E-state index is 13.7. The van der Waals surface area contributed by atoms with E-state index in [1.807, 2.05) is 24.3 Å². The van der Waals surface area contributed by atoms with Crippen LogP contribution in [-0.4, -0.2) is 129 Å². The van der Waals surface area contributed by atoms with Gasteiger partial charge in [-0.2, -0.15) is 15.8 Å². The highest BCUT2D eigenvalue weighted by atomic mass is 19.1. The predicted octanol–water partition coefficient (Wildman–Crippen LogP) is 2.97. The summed E-state index contributed by atoms with van der Waals surface area (Å²) in [5.41, 5.74) is 5.76. The van der Waals surface area contributed by atoms with Crippen molar-refractivity contribution in [1.82, 2.24) is 0 Å². The van der Waals surface area contributed by atoms with Crippen LogP contribution < -0.4 is 62.6 Å². The molecule has 123 heavy (non-hydrogen) atoms. The molecule has 0 unspecified atom stereocenters. The van der Waals surface area contributed by atoms with Gasteiger partial charge < -0.3 is 118 Å². The molecule has 12 aromatic carbocycles. The summed E-state index contributed by atoms with van der Waals surface area (Å²) in [4.78, 5) is 0. The number of aliphatic hydroxyl groups is 6. The van der Waals surface area contributed by atoms with Gasteiger partial charge in [-0.15, -0.1) is 0 Å². The molecule has 622 valence electrons. The first kappa shape index (κ1) is 94.5. The van der Waals surface area contributed by atoms with Gasteiger partial charge >= 0.3 is 56.9 Å². The van der Waals surface area contributed by atoms with Gasteiger partial charge in [-0.1, -0.05) is 48.5 Å². The van der Waals surface area contributed by atoms with Crippen LogP contribution in [0.2, 0.25) is 0 Å². The Morgan fingerprint density at radius 2 is 0.520 bits per heavy atom. The molecule has 0 aliphatic carbocycles. The van der Waals surface area contributed by atoms with Crippen molar-refractivity contribution in [1.29, 1.82) is 15.8 Å². The number of benzene rings is 12. The lowest BCUT2D eigenvalue weighted by Gasteiger charge is -2.23. The Hall–Kier alpha value is -12.3. The first-order chi connectivity index (χ1) is 58.5. The molecule has 0 amide bonds. The molecule has 0 saturated heterocycles. The van der Waals surface area contributed by atoms with E-state index < -0.39 is 114 Å². The second-order valence-electron chi connectivity index (χ2n) is 26.5. The van der Waals surface area contributed by atoms with Crippen LogP contribution in [0.4, 0.5) is 22.0 Å². The summed E-state index contributed by atoms with van der Waals surface area (Å²) in [5, 5.41) is 150. The quantitative estimate of drug-likeness (QED) is 0.0248. The molecule has 0 spiro atoms. The summed E-state index contributed by atoms with van der Waals surface area (Å²) in [6.07, 6.45) is 0. The zero-order valence-electron chi connectivity index (χ0n) is 64.6. The molecular weight excluding hydrogens is 1600 g/mol. The van der Waals surface area contributed by atoms with Gasteiger partial charge in [0.25, 0.3) is 0 Å². The number of nitriles is 3. The maximum Gasteiger partial charge on any atom is 0.491 e. The summed E-state index contributed by atoms with van der Waals surface area (Å²) < 4.78 is 123. The Labute approximate surface area is 703 Å². The van der Waals surface area contributed by atoms with Crippen molar-refractivity contribution in [3.8, 4) is 64.2 Å². The Bertz CT molecular complexity index is 5510. The summed E-state index contributed by atoms with van der Waals surface area (Å²) in [7, 11) is -12.0. The van der Waals surface area contributed by atoms with Gasteiger partial charge in [0, 0.05) is 0 Å². The summed E-state index contributed by atoms with van der Waals surface area (Å²) in [6, 6.07) is 64.2. The second kappa shape index (κ2) is 45.5. The van der Waals surface area contributed by atoms with Crippen molar-refractivity contribution in [2.24, 2.45) is 0 Å². The molecule has 0 saturated carbocycles. The van der Waals surface area contributed by atoms with Crippen LogP contribution in [0.3, 0.4) is 0 Å². The molecule has 0 fully saturated rings. The summed E-state index contributed by atoms with van der Waals surface area (Å²) >= 11 is 0. The smallest absolute Gasteiger partial charge is 0.457 e. The average Bonchev–Trinajstić information content (AvgIpc) is 1.76. The van der Waals surface area contributed by atoms with Gasteiger partial charge in [-0.3, -0.25) is 0 Å². The highest BCUT2D eigenvalue weighted by Crippen LogP contribution is 2.29. The van der Waals surface area contributed by atoms with Crippen LogP contribution in [0.25, 0.3) is 0 Å². The third-order valence-corrected chi connectivity index (χ3v) is 18.5. The van der Waals surface area contributed by atoms with E-state index in [2.05, 4.69) is 0 Å². The van der Waals surface area contributed by atoms with Crippen LogP contribution >= 0.6 is 0 Å². The minimum Gasteiger partial charge on any atom is -0.457 e. The third kappa shape index (κ3) is 25.4. The molecule has 0 atom stereocenters. The van der Waals surface area contributed by atoms with Crippen molar-refractivity contribution in [2.75, 3.05) is 0 Å². The van der Waals surface area contributed by atoms with E-state index in [0.717, 1.165) is 53.0 Å². The minimum absolute atomic E-state index is 0. The second-order valence-corrected chi connectivity index (χ2v) is 26.5. The van der Waals surface area contributed by atoms with E-state index in [1.54, 1.807) is 121 Å². The molecule has 2 aliphatic rings. The largest absolute Gasteiger partial charge is 0.491 e. The molecule has 2 aliphatic heterocycles. The van der Waals surface area contributed by atoms with Crippen LogP contribution in [0.5, 0.6) is 46.0 Å². The van der Waals surface area contributed by atoms with Crippen molar-refractivity contribution >= 4 is 101 Å². The van der Waals surface area contributed by atoms with Crippen molar-refractivity contribution < 1.29 is 140 Å². The first-order valence-electron chi connectivity index (χ1n) is 36.7. The molecule has 14 rings (SSSR count). The van der Waals surface area contributed by atoms with Gasteiger partial charge in [-0.05, 0) is 282 Å². The number of aliphatic hydroxyl groups excluding tert-OH is 6. The lowest BCUT2D eigenvalue weighted by Crippen LogP contribution is -2.53. The Morgan fingerprint density at radius 3 is 0.854 bits per heavy atom. The molecule has 27 nitrogen and oxygen atoms in total. The van der Waals surface area contributed by atoms with Gasteiger partial charge in [0.05, 0.1) is 87.8 Å². The lowest BCUT2D eigenvalue weighted by atomic mass is 9.65. The van der Waals surface area contributed by atoms with Crippen LogP contribution in [0.1, 0.15) is 61.2 Å². The lowest BCUT2D eigenvalue weighted by molar-refractivity contribution is 0.274. The SMILES string of the molecule is N#Cc1ccc(Oc2ccc(B(O)OB(OB(O)c3ccc(Oc4ccc(C#N)cc4)cc3CO)c3ccc(Oc4ccc(C#N)cc4)cc3CO)c(CO)c2)cc1.O.O.OB1OCc2cc(F)ccc21.OB1OCc2cc(Oc3ccc(F)cc3)ccc21.OCc1cc(F)ccc1B(O)OB(OB(O)c1ccc(F)cc1CO)c1ccc(F)cc1CO. The Balaban J connectivity index is 0.000000219. The van der Waals surface area contributed by atoms with Crippen LogP contribution in [-0.2, 0) is 80.5 Å². The molecule has 0 bridgehead atoms. The molecule has 0 aromatic heterocycles. The fraction of sp³-hybridized carbons (Fsp3) is 0.0964. The number of halogens is 5. The van der Waals surface area contributed by atoms with E-state index in [0.29, 0.717) is 81.4 Å². The zero-order chi connectivity index (χ0) is 86.2. The molecule has 2 heterocycles. The average molecular weight is 1680 g/mol. The maximum absolute atomic E-state index is 13.7. The van der Waals surface area contributed by atoms with Crippen molar-refractivity contribution in [3.63, 3.8) is 0 Å². The molecular formula is C83H72B8F5N3O24. The number of hydrogen-bond acceptors (Lipinski definition) is 25. The first-order valence-corrected chi connectivity index (χ1v) is 36.7. The Kier molecular flexibility index (Phi) is 35.0. The Morgan fingerprint density at radius 1 is 0.293 bits per heavy atom. The van der Waals surface area contributed by atoms with Gasteiger partial charge in [0.1, 0.15) is 75.1 Å². The highest BCUT2D eigenvalue weighted by molar-refractivity contribution is 6.80. The standard InChI is InChI=1S/C42H32B3N3O10.C21H20B3F3O7.C13H10BFO3.C7H6BFO2.2H2O/c46-22-28-1-7-34(8-2-28)54-37-13-16-40(31(19-37)25-49)43(52)57-45(42-18-15-39(21-33(42)27-51)56-36-11-5-30(24-48)6-12-36)58-44(53)41-17-14-38(20-32(41)26-50)55-35-9-3-29(23-47)4-10-35;25-16-1-4-19(13(7-16)10-28)22(31)33-24(21-6-3-18(27)9-15(21)12-30)34-23(32)20-5-2-17(26)8-14(20)11-29;15-10-1-3-11(4-2-10)18-12-5-6-13-9(7-12)8-17-14(13)16;9-6-1-2-7-5(3-6)4-11-8(7)10;;/h1-21,49-53H,25-27H2;1-9,28-32H,10-12H2;1-7,16H,8H2;1-3,10H,4H2;2*1H2. The number of nitrogens with zero attached hydrogens (tertiary/aromatic N) is 3. The van der Waals surface area contributed by atoms with Crippen molar-refractivity contribution in [2.45, 2.75) is 52.9 Å². The van der Waals surface area contributed by atoms with Gasteiger partial charge in [0.15, 0.2) is 0 Å². The van der Waals surface area contributed by atoms with E-state index in [-0.39, 0.29) is 88.7 Å². The number of hydrogen-bond donors (Lipinski definition) is 12. The molecule has 16 N–H and O–H groups in total. The fourth-order valence-corrected chi connectivity index (χ4v) is 12.3. The topological polar surface area (TPSA) is 469 Å². The van der Waals surface area contributed by atoms with E-state index in [4.69, 9.17) is 67.4 Å². The fourth-order valence-electron chi connectivity index (χ4n) is 12.3. The summed E-state index contributed by atoms with van der Waals surface area (Å²) in [6.45, 7) is -2.78. The van der Waals surface area contributed by atoms with Crippen molar-refractivity contribution in [3.05, 3.63) is 333 Å². The third-order valence-electron chi connectivity index (χ3n) is 18.5. The normalized spacial score (nSPS) is 11.3. The van der Waals surface area contributed by atoms with E-state index in [9.17, 15) is 77.7 Å². The molecule has 40 heteroatoms.